The Kier molecular flexibility index (Phi) is 5.60. The largest absolute Gasteiger partial charge is 0.481 e. The Labute approximate surface area is 96.0 Å². The average Bonchev–Trinajstić information content (AvgIpc) is 2.30. The fourth-order valence-corrected chi connectivity index (χ4v) is 1.42. The van der Waals surface area contributed by atoms with Crippen molar-refractivity contribution in [3.05, 3.63) is 18.2 Å². The summed E-state index contributed by atoms with van der Waals surface area (Å²) in [7, 11) is 3.27. The number of anilines is 1. The van der Waals surface area contributed by atoms with E-state index < -0.39 is 0 Å². The van der Waals surface area contributed by atoms with Gasteiger partial charge in [0.25, 0.3) is 0 Å². The van der Waals surface area contributed by atoms with E-state index in [1.165, 1.54) is 0 Å². The molecule has 16 heavy (non-hydrogen) atoms. The molecule has 0 aliphatic carbocycles. The third-order valence-electron chi connectivity index (χ3n) is 2.17. The first-order valence-corrected chi connectivity index (χ1v) is 5.26. The van der Waals surface area contributed by atoms with E-state index in [1.807, 2.05) is 12.1 Å². The second kappa shape index (κ2) is 7.03. The van der Waals surface area contributed by atoms with Crippen LogP contribution in [0.2, 0.25) is 0 Å². The number of methoxy groups -OCH3 is 2. The van der Waals surface area contributed by atoms with Gasteiger partial charge in [0.2, 0.25) is 5.88 Å². The van der Waals surface area contributed by atoms with Crippen molar-refractivity contribution in [3.8, 4) is 5.88 Å². The standard InChI is InChI=1S/C11H19N3O2/c1-15-8-9(6-7-12)13-10-4-3-5-11(14-10)16-2/h3-5,9H,6-8,12H2,1-2H3,(H,13,14). The summed E-state index contributed by atoms with van der Waals surface area (Å²) in [6, 6.07) is 5.76. The Morgan fingerprint density at radius 2 is 2.25 bits per heavy atom. The third-order valence-corrected chi connectivity index (χ3v) is 2.17. The number of hydrogen-bond acceptors (Lipinski definition) is 5. The maximum atomic E-state index is 5.53. The van der Waals surface area contributed by atoms with E-state index in [-0.39, 0.29) is 6.04 Å². The minimum Gasteiger partial charge on any atom is -0.481 e. The summed E-state index contributed by atoms with van der Waals surface area (Å²) in [4.78, 5) is 4.27. The van der Waals surface area contributed by atoms with E-state index in [0.29, 0.717) is 19.0 Å². The molecule has 3 N–H and O–H groups in total. The zero-order valence-electron chi connectivity index (χ0n) is 9.77. The minimum atomic E-state index is 0.176. The molecule has 90 valence electrons. The predicted molar refractivity (Wildman–Crippen MR) is 63.7 cm³/mol. The van der Waals surface area contributed by atoms with Crippen molar-refractivity contribution in [2.75, 3.05) is 32.7 Å². The van der Waals surface area contributed by atoms with Crippen LogP contribution in [0.1, 0.15) is 6.42 Å². The quantitative estimate of drug-likeness (QED) is 0.720. The molecule has 1 rings (SSSR count). The number of nitrogens with two attached hydrogens (primary N) is 1. The molecule has 1 heterocycles. The third kappa shape index (κ3) is 4.04. The van der Waals surface area contributed by atoms with Crippen molar-refractivity contribution in [1.82, 2.24) is 4.98 Å². The lowest BCUT2D eigenvalue weighted by Crippen LogP contribution is -2.28. The molecule has 0 radical (unpaired) electrons. The van der Waals surface area contributed by atoms with Gasteiger partial charge in [-0.1, -0.05) is 6.07 Å². The first-order chi connectivity index (χ1) is 7.80. The van der Waals surface area contributed by atoms with Gasteiger partial charge in [-0.3, -0.25) is 0 Å². The number of nitrogens with zero attached hydrogens (tertiary/aromatic N) is 1. The Morgan fingerprint density at radius 1 is 1.44 bits per heavy atom. The van der Waals surface area contributed by atoms with Crippen LogP contribution in [-0.4, -0.2) is 38.4 Å². The summed E-state index contributed by atoms with van der Waals surface area (Å²) in [5, 5.41) is 3.26. The number of pyridine rings is 1. The summed E-state index contributed by atoms with van der Waals surface area (Å²) >= 11 is 0. The topological polar surface area (TPSA) is 69.4 Å². The van der Waals surface area contributed by atoms with E-state index in [1.54, 1.807) is 20.3 Å². The molecule has 0 aliphatic rings. The molecule has 0 fully saturated rings. The number of nitrogens with one attached hydrogen (secondary N) is 1. The highest BCUT2D eigenvalue weighted by Crippen LogP contribution is 2.12. The van der Waals surface area contributed by atoms with Crippen molar-refractivity contribution in [2.45, 2.75) is 12.5 Å². The zero-order valence-corrected chi connectivity index (χ0v) is 9.77. The van der Waals surface area contributed by atoms with Crippen LogP contribution in [0.15, 0.2) is 18.2 Å². The van der Waals surface area contributed by atoms with Crippen LogP contribution in [0, 0.1) is 0 Å². The summed E-state index contributed by atoms with van der Waals surface area (Å²) in [5.74, 6) is 1.36. The van der Waals surface area contributed by atoms with Crippen molar-refractivity contribution in [2.24, 2.45) is 5.73 Å². The van der Waals surface area contributed by atoms with Crippen LogP contribution in [0.3, 0.4) is 0 Å². The van der Waals surface area contributed by atoms with Gasteiger partial charge in [0.15, 0.2) is 0 Å². The molecule has 1 unspecified atom stereocenters. The van der Waals surface area contributed by atoms with Gasteiger partial charge in [-0.05, 0) is 19.0 Å². The van der Waals surface area contributed by atoms with Crippen LogP contribution in [0.4, 0.5) is 5.82 Å². The van der Waals surface area contributed by atoms with Gasteiger partial charge in [0, 0.05) is 13.2 Å². The Morgan fingerprint density at radius 3 is 2.88 bits per heavy atom. The highest BCUT2D eigenvalue weighted by molar-refractivity contribution is 5.38. The smallest absolute Gasteiger partial charge is 0.214 e. The molecule has 0 saturated heterocycles. The molecule has 0 saturated carbocycles. The Balaban J connectivity index is 2.60. The number of aromatic nitrogens is 1. The summed E-state index contributed by atoms with van der Waals surface area (Å²) < 4.78 is 10.2. The van der Waals surface area contributed by atoms with Crippen molar-refractivity contribution < 1.29 is 9.47 Å². The molecular weight excluding hydrogens is 206 g/mol. The van der Waals surface area contributed by atoms with Gasteiger partial charge < -0.3 is 20.5 Å². The van der Waals surface area contributed by atoms with E-state index in [2.05, 4.69) is 10.3 Å². The van der Waals surface area contributed by atoms with Gasteiger partial charge in [-0.25, -0.2) is 0 Å². The molecule has 5 nitrogen and oxygen atoms in total. The fraction of sp³-hybridized carbons (Fsp3) is 0.545. The fourth-order valence-electron chi connectivity index (χ4n) is 1.42. The normalized spacial score (nSPS) is 12.2. The van der Waals surface area contributed by atoms with Crippen LogP contribution < -0.4 is 15.8 Å². The molecular formula is C11H19N3O2. The van der Waals surface area contributed by atoms with Crippen molar-refractivity contribution >= 4 is 5.82 Å². The van der Waals surface area contributed by atoms with E-state index in [0.717, 1.165) is 12.2 Å². The van der Waals surface area contributed by atoms with Gasteiger partial charge in [-0.2, -0.15) is 4.98 Å². The lowest BCUT2D eigenvalue weighted by Gasteiger charge is -2.17. The molecule has 0 bridgehead atoms. The summed E-state index contributed by atoms with van der Waals surface area (Å²) in [5.41, 5.74) is 5.53. The number of rotatable bonds is 7. The van der Waals surface area contributed by atoms with Gasteiger partial charge in [-0.15, -0.1) is 0 Å². The Hall–Kier alpha value is -1.33. The lowest BCUT2D eigenvalue weighted by atomic mass is 10.2. The SMILES string of the molecule is COCC(CCN)Nc1cccc(OC)n1. The van der Waals surface area contributed by atoms with E-state index in [9.17, 15) is 0 Å². The predicted octanol–water partition coefficient (Wildman–Crippen LogP) is 0.866. The molecule has 0 aromatic carbocycles. The molecule has 5 heteroatoms. The Bertz CT molecular complexity index is 301. The highest BCUT2D eigenvalue weighted by Gasteiger charge is 2.08. The van der Waals surface area contributed by atoms with Gasteiger partial charge in [0.1, 0.15) is 5.82 Å². The molecule has 0 amide bonds. The average molecular weight is 225 g/mol. The van der Waals surface area contributed by atoms with E-state index >= 15 is 0 Å². The number of ether oxygens (including phenoxy) is 2. The number of hydrogen-bond donors (Lipinski definition) is 2. The van der Waals surface area contributed by atoms with Crippen LogP contribution in [-0.2, 0) is 4.74 Å². The monoisotopic (exact) mass is 225 g/mol. The highest BCUT2D eigenvalue weighted by atomic mass is 16.5. The van der Waals surface area contributed by atoms with Crippen LogP contribution in [0.5, 0.6) is 5.88 Å². The van der Waals surface area contributed by atoms with Crippen LogP contribution in [0.25, 0.3) is 0 Å². The molecule has 1 aromatic heterocycles. The van der Waals surface area contributed by atoms with Gasteiger partial charge in [0.05, 0.1) is 19.8 Å². The minimum absolute atomic E-state index is 0.176. The molecule has 0 aliphatic heterocycles. The second-order valence-electron chi connectivity index (χ2n) is 3.44. The molecule has 1 aromatic rings. The van der Waals surface area contributed by atoms with Gasteiger partial charge >= 0.3 is 0 Å². The van der Waals surface area contributed by atoms with E-state index in [4.69, 9.17) is 15.2 Å². The first-order valence-electron chi connectivity index (χ1n) is 5.26. The summed E-state index contributed by atoms with van der Waals surface area (Å²) in [6.45, 7) is 1.22. The lowest BCUT2D eigenvalue weighted by molar-refractivity contribution is 0.183. The summed E-state index contributed by atoms with van der Waals surface area (Å²) in [6.07, 6.45) is 0.840. The second-order valence-corrected chi connectivity index (χ2v) is 3.44. The molecule has 1 atom stereocenters. The van der Waals surface area contributed by atoms with Crippen molar-refractivity contribution in [1.29, 1.82) is 0 Å². The first kappa shape index (κ1) is 12.7. The zero-order chi connectivity index (χ0) is 11.8. The maximum absolute atomic E-state index is 5.53. The molecule has 0 spiro atoms. The van der Waals surface area contributed by atoms with Crippen molar-refractivity contribution in [3.63, 3.8) is 0 Å². The maximum Gasteiger partial charge on any atom is 0.214 e. The van der Waals surface area contributed by atoms with Crippen LogP contribution >= 0.6 is 0 Å².